The topological polar surface area (TPSA) is 3.24 Å². The molecule has 1 aromatic carbocycles. The molecule has 18 heavy (non-hydrogen) atoms. The summed E-state index contributed by atoms with van der Waals surface area (Å²) in [6.07, 6.45) is 4.96. The Morgan fingerprint density at radius 3 is 2.89 bits per heavy atom. The van der Waals surface area contributed by atoms with Crippen LogP contribution in [0.4, 0.5) is 4.39 Å². The van der Waals surface area contributed by atoms with Gasteiger partial charge in [-0.25, -0.2) is 4.39 Å². The number of benzene rings is 1. The van der Waals surface area contributed by atoms with Crippen LogP contribution in [0.2, 0.25) is 0 Å². The maximum atomic E-state index is 13.2. The van der Waals surface area contributed by atoms with Gasteiger partial charge in [0, 0.05) is 18.5 Å². The molecule has 0 radical (unpaired) electrons. The molecular weight excluding hydrogens is 317 g/mol. The van der Waals surface area contributed by atoms with Crippen molar-refractivity contribution in [3.63, 3.8) is 0 Å². The minimum Gasteiger partial charge on any atom is -0.295 e. The number of alkyl halides is 1. The van der Waals surface area contributed by atoms with E-state index in [1.165, 1.54) is 31.7 Å². The lowest BCUT2D eigenvalue weighted by atomic mass is 10.1. The number of hydrogen-bond donors (Lipinski definition) is 0. The minimum atomic E-state index is -0.205. The monoisotopic (exact) mass is 333 g/mol. The summed E-state index contributed by atoms with van der Waals surface area (Å²) in [6.45, 7) is 1.95. The van der Waals surface area contributed by atoms with Gasteiger partial charge in [-0.05, 0) is 53.0 Å². The summed E-state index contributed by atoms with van der Waals surface area (Å²) in [4.78, 5) is 2.43. The Hall–Kier alpha value is -0.120. The van der Waals surface area contributed by atoms with Gasteiger partial charge in [-0.3, -0.25) is 4.90 Å². The van der Waals surface area contributed by atoms with Crippen molar-refractivity contribution >= 4 is 27.5 Å². The Morgan fingerprint density at radius 2 is 2.17 bits per heavy atom. The van der Waals surface area contributed by atoms with Crippen LogP contribution < -0.4 is 0 Å². The van der Waals surface area contributed by atoms with Gasteiger partial charge in [0.15, 0.2) is 0 Å². The Balaban J connectivity index is 2.07. The molecule has 0 bridgehead atoms. The standard InChI is InChI=1S/C14H18BrClFN/c15-13-8-11(5-6-14(13)17)10-18-7-3-1-2-4-12(18)9-16/h5-6,8,12H,1-4,7,9-10H2. The van der Waals surface area contributed by atoms with Crippen molar-refractivity contribution in [2.24, 2.45) is 0 Å². The van der Waals surface area contributed by atoms with Gasteiger partial charge in [0.25, 0.3) is 0 Å². The molecule has 1 nitrogen and oxygen atoms in total. The van der Waals surface area contributed by atoms with Crippen molar-refractivity contribution in [1.29, 1.82) is 0 Å². The Kier molecular flexibility index (Phi) is 5.46. The molecule has 0 saturated carbocycles. The molecule has 1 saturated heterocycles. The fraction of sp³-hybridized carbons (Fsp3) is 0.571. The van der Waals surface area contributed by atoms with Gasteiger partial charge >= 0.3 is 0 Å². The maximum absolute atomic E-state index is 13.2. The summed E-state index contributed by atoms with van der Waals surface area (Å²) >= 11 is 9.30. The third-order valence-electron chi connectivity index (χ3n) is 3.55. The zero-order chi connectivity index (χ0) is 13.0. The van der Waals surface area contributed by atoms with E-state index in [4.69, 9.17) is 11.6 Å². The summed E-state index contributed by atoms with van der Waals surface area (Å²) < 4.78 is 13.7. The van der Waals surface area contributed by atoms with E-state index >= 15 is 0 Å². The van der Waals surface area contributed by atoms with E-state index in [2.05, 4.69) is 20.8 Å². The molecule has 100 valence electrons. The lowest BCUT2D eigenvalue weighted by molar-refractivity contribution is 0.207. The predicted octanol–water partition coefficient (Wildman–Crippen LogP) is 4.57. The molecule has 2 rings (SSSR count). The third-order valence-corrected chi connectivity index (χ3v) is 4.51. The highest BCUT2D eigenvalue weighted by molar-refractivity contribution is 9.10. The molecule has 1 fully saturated rings. The number of halogens is 3. The highest BCUT2D eigenvalue weighted by Crippen LogP contribution is 2.22. The first-order chi connectivity index (χ1) is 8.70. The van der Waals surface area contributed by atoms with Crippen LogP contribution >= 0.6 is 27.5 Å². The molecule has 1 aliphatic heterocycles. The van der Waals surface area contributed by atoms with E-state index in [9.17, 15) is 4.39 Å². The molecule has 0 spiro atoms. The molecule has 1 atom stereocenters. The average molecular weight is 335 g/mol. The molecule has 1 unspecified atom stereocenters. The molecule has 1 aromatic rings. The predicted molar refractivity (Wildman–Crippen MR) is 77.5 cm³/mol. The average Bonchev–Trinajstić information content (AvgIpc) is 2.59. The van der Waals surface area contributed by atoms with Crippen molar-refractivity contribution in [3.8, 4) is 0 Å². The van der Waals surface area contributed by atoms with Gasteiger partial charge in [0.05, 0.1) is 4.47 Å². The van der Waals surface area contributed by atoms with Crippen LogP contribution in [0.25, 0.3) is 0 Å². The molecule has 0 aliphatic carbocycles. The van der Waals surface area contributed by atoms with Crippen LogP contribution in [0.5, 0.6) is 0 Å². The fourth-order valence-electron chi connectivity index (χ4n) is 2.49. The molecule has 0 N–H and O–H groups in total. The van der Waals surface area contributed by atoms with Gasteiger partial charge in [0.1, 0.15) is 5.82 Å². The third kappa shape index (κ3) is 3.69. The number of likely N-dealkylation sites (tertiary alicyclic amines) is 1. The highest BCUT2D eigenvalue weighted by atomic mass is 79.9. The van der Waals surface area contributed by atoms with E-state index in [1.54, 1.807) is 0 Å². The summed E-state index contributed by atoms with van der Waals surface area (Å²) in [7, 11) is 0. The van der Waals surface area contributed by atoms with Gasteiger partial charge in [-0.1, -0.05) is 18.9 Å². The van der Waals surface area contributed by atoms with Crippen molar-refractivity contribution in [3.05, 3.63) is 34.1 Å². The van der Waals surface area contributed by atoms with Crippen LogP contribution in [0.15, 0.2) is 22.7 Å². The first kappa shape index (κ1) is 14.3. The molecule has 1 aliphatic rings. The second-order valence-electron chi connectivity index (χ2n) is 4.88. The van der Waals surface area contributed by atoms with Crippen LogP contribution in [0, 0.1) is 5.82 Å². The maximum Gasteiger partial charge on any atom is 0.137 e. The van der Waals surface area contributed by atoms with Gasteiger partial charge in [-0.15, -0.1) is 11.6 Å². The van der Waals surface area contributed by atoms with Crippen molar-refractivity contribution < 1.29 is 4.39 Å². The Bertz CT molecular complexity index is 399. The first-order valence-corrected chi connectivity index (χ1v) is 7.77. The zero-order valence-corrected chi connectivity index (χ0v) is 12.7. The minimum absolute atomic E-state index is 0.205. The van der Waals surface area contributed by atoms with Crippen molar-refractivity contribution in [1.82, 2.24) is 4.90 Å². The normalized spacial score (nSPS) is 21.8. The summed E-state index contributed by atoms with van der Waals surface area (Å²) in [5, 5.41) is 0. The highest BCUT2D eigenvalue weighted by Gasteiger charge is 2.20. The van der Waals surface area contributed by atoms with Gasteiger partial charge in [-0.2, -0.15) is 0 Å². The summed E-state index contributed by atoms with van der Waals surface area (Å²) in [5.74, 6) is 0.478. The number of nitrogens with zero attached hydrogens (tertiary/aromatic N) is 1. The smallest absolute Gasteiger partial charge is 0.137 e. The fourth-order valence-corrected chi connectivity index (χ4v) is 3.27. The van der Waals surface area contributed by atoms with Gasteiger partial charge < -0.3 is 0 Å². The van der Waals surface area contributed by atoms with Crippen LogP contribution in [0.3, 0.4) is 0 Å². The Morgan fingerprint density at radius 1 is 1.33 bits per heavy atom. The van der Waals surface area contributed by atoms with E-state index in [0.717, 1.165) is 18.7 Å². The SMILES string of the molecule is Fc1ccc(CN2CCCCCC2CCl)cc1Br. The molecule has 0 aromatic heterocycles. The van der Waals surface area contributed by atoms with E-state index in [-0.39, 0.29) is 5.82 Å². The zero-order valence-electron chi connectivity index (χ0n) is 10.3. The second-order valence-corrected chi connectivity index (χ2v) is 6.04. The quantitative estimate of drug-likeness (QED) is 0.732. The Labute approximate surface area is 121 Å². The lowest BCUT2D eigenvalue weighted by Crippen LogP contribution is -2.35. The van der Waals surface area contributed by atoms with E-state index in [0.29, 0.717) is 16.4 Å². The van der Waals surface area contributed by atoms with Crippen molar-refractivity contribution in [2.75, 3.05) is 12.4 Å². The molecule has 0 amide bonds. The van der Waals surface area contributed by atoms with Crippen molar-refractivity contribution in [2.45, 2.75) is 38.3 Å². The molecule has 1 heterocycles. The van der Waals surface area contributed by atoms with Crippen LogP contribution in [0.1, 0.15) is 31.2 Å². The van der Waals surface area contributed by atoms with Gasteiger partial charge in [0.2, 0.25) is 0 Å². The number of rotatable bonds is 3. The largest absolute Gasteiger partial charge is 0.295 e. The lowest BCUT2D eigenvalue weighted by Gasteiger charge is -2.28. The first-order valence-electron chi connectivity index (χ1n) is 6.44. The second kappa shape index (κ2) is 6.88. The van der Waals surface area contributed by atoms with E-state index in [1.807, 2.05) is 12.1 Å². The molecule has 4 heteroatoms. The van der Waals surface area contributed by atoms with Crippen LogP contribution in [-0.4, -0.2) is 23.4 Å². The number of hydrogen-bond acceptors (Lipinski definition) is 1. The summed E-state index contributed by atoms with van der Waals surface area (Å²) in [5.41, 5.74) is 1.14. The van der Waals surface area contributed by atoms with Crippen LogP contribution in [-0.2, 0) is 6.54 Å². The van der Waals surface area contributed by atoms with E-state index < -0.39 is 0 Å². The summed E-state index contributed by atoms with van der Waals surface area (Å²) in [6, 6.07) is 5.70. The molecular formula is C14H18BrClFN.